The minimum absolute atomic E-state index is 0.585. The van der Waals surface area contributed by atoms with Crippen molar-refractivity contribution in [1.29, 1.82) is 0 Å². The van der Waals surface area contributed by atoms with Crippen molar-refractivity contribution in [2.75, 3.05) is 20.1 Å². The molecule has 0 N–H and O–H groups in total. The number of aromatic nitrogens is 2. The maximum Gasteiger partial charge on any atom is 0.107 e. The van der Waals surface area contributed by atoms with Crippen LogP contribution in [0, 0.1) is 12.3 Å². The maximum absolute atomic E-state index is 4.60. The highest BCUT2D eigenvalue weighted by molar-refractivity contribution is 7.09. The summed E-state index contributed by atoms with van der Waals surface area (Å²) in [5.41, 5.74) is 1.74. The van der Waals surface area contributed by atoms with Gasteiger partial charge in [-0.05, 0) is 51.7 Å². The van der Waals surface area contributed by atoms with Crippen LogP contribution < -0.4 is 0 Å². The van der Waals surface area contributed by atoms with E-state index >= 15 is 0 Å². The number of nitrogens with zero attached hydrogens (tertiary/aromatic N) is 4. The Kier molecular flexibility index (Phi) is 4.26. The molecule has 6 heteroatoms. The lowest BCUT2D eigenvalue weighted by Crippen LogP contribution is -2.37. The highest BCUT2D eigenvalue weighted by atomic mass is 32.1. The van der Waals surface area contributed by atoms with Crippen molar-refractivity contribution in [1.82, 2.24) is 19.8 Å². The number of piperidine rings is 1. The van der Waals surface area contributed by atoms with Gasteiger partial charge in [0.15, 0.2) is 0 Å². The molecule has 1 aliphatic heterocycles. The van der Waals surface area contributed by atoms with Crippen molar-refractivity contribution in [3.8, 4) is 0 Å². The van der Waals surface area contributed by atoms with Gasteiger partial charge in [-0.2, -0.15) is 0 Å². The summed E-state index contributed by atoms with van der Waals surface area (Å²) < 4.78 is 0. The number of hydrogen-bond donors (Lipinski definition) is 0. The van der Waals surface area contributed by atoms with Crippen LogP contribution in [0.25, 0.3) is 0 Å². The van der Waals surface area contributed by atoms with Gasteiger partial charge in [-0.25, -0.2) is 9.97 Å². The zero-order chi connectivity index (χ0) is 15.9. The second kappa shape index (κ2) is 6.24. The lowest BCUT2D eigenvalue weighted by atomic mass is 9.92. The Hall–Kier alpha value is -0.820. The minimum atomic E-state index is 0.585. The SMILES string of the molecule is Cc1csc(CN2CCC3(CC2)C[C@@H]3N(C)Cc2nccs2)n1. The first-order chi connectivity index (χ1) is 11.1. The first-order valence-corrected chi connectivity index (χ1v) is 10.1. The van der Waals surface area contributed by atoms with E-state index in [0.717, 1.165) is 24.8 Å². The van der Waals surface area contributed by atoms with Crippen molar-refractivity contribution in [2.45, 2.75) is 45.3 Å². The molecule has 1 spiro atoms. The molecule has 2 aliphatic rings. The predicted molar refractivity (Wildman–Crippen MR) is 95.8 cm³/mol. The second-order valence-electron chi connectivity index (χ2n) is 7.08. The van der Waals surface area contributed by atoms with Crippen LogP contribution >= 0.6 is 22.7 Å². The third-order valence-electron chi connectivity index (χ3n) is 5.42. The standard InChI is InChI=1S/C17H24N4S2/c1-13-12-23-16(19-13)11-21-6-3-17(4-7-21)9-14(17)20(2)10-15-18-5-8-22-15/h5,8,12,14H,3-4,6-7,9-11H2,1-2H3/t14-/m0/s1. The molecule has 4 nitrogen and oxygen atoms in total. The summed E-state index contributed by atoms with van der Waals surface area (Å²) in [5, 5.41) is 6.74. The summed E-state index contributed by atoms with van der Waals surface area (Å²) in [6.45, 7) is 6.57. The van der Waals surface area contributed by atoms with Gasteiger partial charge in [0.1, 0.15) is 10.0 Å². The predicted octanol–water partition coefficient (Wildman–Crippen LogP) is 3.39. The van der Waals surface area contributed by atoms with E-state index in [9.17, 15) is 0 Å². The third-order valence-corrected chi connectivity index (χ3v) is 7.14. The quantitative estimate of drug-likeness (QED) is 0.829. The molecule has 124 valence electrons. The number of likely N-dealkylation sites (tertiary alicyclic amines) is 1. The molecule has 23 heavy (non-hydrogen) atoms. The highest BCUT2D eigenvalue weighted by Crippen LogP contribution is 2.56. The van der Waals surface area contributed by atoms with E-state index in [2.05, 4.69) is 44.5 Å². The summed E-state index contributed by atoms with van der Waals surface area (Å²) in [6, 6.07) is 0.760. The zero-order valence-electron chi connectivity index (χ0n) is 13.9. The van der Waals surface area contributed by atoms with Crippen molar-refractivity contribution in [3.63, 3.8) is 0 Å². The lowest BCUT2D eigenvalue weighted by Gasteiger charge is -2.33. The van der Waals surface area contributed by atoms with Crippen LogP contribution in [0.5, 0.6) is 0 Å². The summed E-state index contributed by atoms with van der Waals surface area (Å²) in [4.78, 5) is 14.1. The van der Waals surface area contributed by atoms with Crippen LogP contribution in [-0.4, -0.2) is 45.9 Å². The molecular weight excluding hydrogens is 324 g/mol. The van der Waals surface area contributed by atoms with Crippen LogP contribution in [0.2, 0.25) is 0 Å². The Bertz CT molecular complexity index is 643. The van der Waals surface area contributed by atoms with E-state index in [1.165, 1.54) is 42.4 Å². The van der Waals surface area contributed by atoms with Gasteiger partial charge in [-0.15, -0.1) is 22.7 Å². The van der Waals surface area contributed by atoms with Crippen LogP contribution in [-0.2, 0) is 13.1 Å². The first kappa shape index (κ1) is 15.7. The summed E-state index contributed by atoms with van der Waals surface area (Å²) in [6.07, 6.45) is 5.96. The Morgan fingerprint density at radius 1 is 1.30 bits per heavy atom. The third kappa shape index (κ3) is 3.36. The van der Waals surface area contributed by atoms with Gasteiger partial charge in [-0.1, -0.05) is 0 Å². The molecule has 0 radical (unpaired) electrons. The summed E-state index contributed by atoms with van der Waals surface area (Å²) in [5.74, 6) is 0. The molecular formula is C17H24N4S2. The first-order valence-electron chi connectivity index (χ1n) is 8.37. The highest BCUT2D eigenvalue weighted by Gasteiger charge is 2.56. The van der Waals surface area contributed by atoms with Crippen molar-refractivity contribution in [2.24, 2.45) is 5.41 Å². The average Bonchev–Trinajstić information content (AvgIpc) is 2.88. The molecule has 0 unspecified atom stereocenters. The Labute approximate surface area is 146 Å². The monoisotopic (exact) mass is 348 g/mol. The smallest absolute Gasteiger partial charge is 0.107 e. The molecule has 1 saturated carbocycles. The van der Waals surface area contributed by atoms with Crippen LogP contribution in [0.1, 0.15) is 35.0 Å². The van der Waals surface area contributed by atoms with Gasteiger partial charge < -0.3 is 0 Å². The van der Waals surface area contributed by atoms with Crippen LogP contribution in [0.15, 0.2) is 17.0 Å². The van der Waals surface area contributed by atoms with E-state index in [-0.39, 0.29) is 0 Å². The maximum atomic E-state index is 4.60. The fraction of sp³-hybridized carbons (Fsp3) is 0.647. The minimum Gasteiger partial charge on any atom is -0.297 e. The van der Waals surface area contributed by atoms with Crippen molar-refractivity contribution >= 4 is 22.7 Å². The molecule has 0 amide bonds. The Morgan fingerprint density at radius 3 is 2.78 bits per heavy atom. The molecule has 3 heterocycles. The van der Waals surface area contributed by atoms with E-state index in [1.54, 1.807) is 22.7 Å². The molecule has 0 aromatic carbocycles. The van der Waals surface area contributed by atoms with Gasteiger partial charge in [0.25, 0.3) is 0 Å². The van der Waals surface area contributed by atoms with E-state index in [0.29, 0.717) is 5.41 Å². The Morgan fingerprint density at radius 2 is 2.13 bits per heavy atom. The van der Waals surface area contributed by atoms with Gasteiger partial charge in [0.2, 0.25) is 0 Å². The second-order valence-corrected chi connectivity index (χ2v) is 9.00. The fourth-order valence-corrected chi connectivity index (χ4v) is 5.46. The van der Waals surface area contributed by atoms with Crippen molar-refractivity contribution in [3.05, 3.63) is 32.7 Å². The zero-order valence-corrected chi connectivity index (χ0v) is 15.5. The van der Waals surface area contributed by atoms with Gasteiger partial charge in [0, 0.05) is 28.7 Å². The van der Waals surface area contributed by atoms with Gasteiger partial charge >= 0.3 is 0 Å². The van der Waals surface area contributed by atoms with E-state index < -0.39 is 0 Å². The number of aryl methyl sites for hydroxylation is 1. The van der Waals surface area contributed by atoms with Gasteiger partial charge in [-0.3, -0.25) is 9.80 Å². The number of hydrogen-bond acceptors (Lipinski definition) is 6. The average molecular weight is 349 g/mol. The lowest BCUT2D eigenvalue weighted by molar-refractivity contribution is 0.139. The number of thiazole rings is 2. The van der Waals surface area contributed by atoms with Gasteiger partial charge in [0.05, 0.1) is 13.1 Å². The normalized spacial score (nSPS) is 23.7. The number of rotatable bonds is 5. The molecule has 0 bridgehead atoms. The molecule has 1 saturated heterocycles. The topological polar surface area (TPSA) is 32.3 Å². The fourth-order valence-electron chi connectivity index (χ4n) is 3.96. The molecule has 1 aliphatic carbocycles. The van der Waals surface area contributed by atoms with E-state index in [1.807, 2.05) is 6.20 Å². The van der Waals surface area contributed by atoms with Crippen LogP contribution in [0.3, 0.4) is 0 Å². The molecule has 4 rings (SSSR count). The molecule has 1 atom stereocenters. The summed E-state index contributed by atoms with van der Waals surface area (Å²) >= 11 is 3.57. The van der Waals surface area contributed by atoms with Crippen LogP contribution in [0.4, 0.5) is 0 Å². The van der Waals surface area contributed by atoms with Crippen molar-refractivity contribution < 1.29 is 0 Å². The summed E-state index contributed by atoms with van der Waals surface area (Å²) in [7, 11) is 2.27. The Balaban J connectivity index is 1.28. The molecule has 2 fully saturated rings. The largest absolute Gasteiger partial charge is 0.297 e. The molecule has 2 aromatic rings. The molecule has 2 aromatic heterocycles. The van der Waals surface area contributed by atoms with E-state index in [4.69, 9.17) is 0 Å².